The van der Waals surface area contributed by atoms with Crippen LogP contribution in [0.5, 0.6) is 5.75 Å². The number of piperidine rings is 1. The summed E-state index contributed by atoms with van der Waals surface area (Å²) in [6.45, 7) is 8.59. The van der Waals surface area contributed by atoms with Gasteiger partial charge in [0, 0.05) is 11.8 Å². The van der Waals surface area contributed by atoms with Crippen molar-refractivity contribution in [2.75, 3.05) is 50.7 Å². The van der Waals surface area contributed by atoms with Crippen molar-refractivity contribution >= 4 is 47.3 Å². The second-order valence-corrected chi connectivity index (χ2v) is 16.1. The van der Waals surface area contributed by atoms with Crippen molar-refractivity contribution in [1.82, 2.24) is 14.5 Å². The van der Waals surface area contributed by atoms with E-state index < -0.39 is 36.6 Å². The maximum Gasteiger partial charge on any atom is 0.446 e. The number of pyridine rings is 1. The second kappa shape index (κ2) is 13.4. The van der Waals surface area contributed by atoms with Crippen LogP contribution >= 0.6 is 18.9 Å². The number of nitrogens with one attached hydrogen (secondary N) is 2. The molecule has 3 heterocycles. The van der Waals surface area contributed by atoms with E-state index in [1.54, 1.807) is 64.4 Å². The number of methoxy groups -OCH3 is 1. The van der Waals surface area contributed by atoms with Crippen molar-refractivity contribution in [3.05, 3.63) is 42.1 Å². The van der Waals surface area contributed by atoms with E-state index >= 15 is 4.39 Å². The van der Waals surface area contributed by atoms with Crippen molar-refractivity contribution in [1.29, 1.82) is 0 Å². The molecule has 45 heavy (non-hydrogen) atoms. The molecule has 1 aliphatic rings. The zero-order chi connectivity index (χ0) is 33.2. The van der Waals surface area contributed by atoms with Crippen LogP contribution in [0, 0.1) is 11.8 Å². The molecule has 1 aromatic carbocycles. The largest absolute Gasteiger partial charge is 0.495 e. The van der Waals surface area contributed by atoms with Gasteiger partial charge in [0.2, 0.25) is 0 Å². The molecule has 0 spiro atoms. The number of benzene rings is 1. The summed E-state index contributed by atoms with van der Waals surface area (Å²) in [5.74, 6) is 6.29. The minimum Gasteiger partial charge on any atom is -0.495 e. The van der Waals surface area contributed by atoms with Gasteiger partial charge in [0.1, 0.15) is 36.2 Å². The highest BCUT2D eigenvalue weighted by atomic mass is 32.2. The van der Waals surface area contributed by atoms with Gasteiger partial charge >= 0.3 is 11.6 Å². The zero-order valence-corrected chi connectivity index (χ0v) is 27.5. The smallest absolute Gasteiger partial charge is 0.446 e. The van der Waals surface area contributed by atoms with E-state index in [1.807, 2.05) is 0 Å². The maximum atomic E-state index is 15.2. The Bertz CT molecular complexity index is 1660. The lowest BCUT2D eigenvalue weighted by Gasteiger charge is -2.36. The third kappa shape index (κ3) is 9.01. The summed E-state index contributed by atoms with van der Waals surface area (Å²) >= 11 is -0.322. The monoisotopic (exact) mass is 669 g/mol. The molecule has 9 nitrogen and oxygen atoms in total. The first-order chi connectivity index (χ1) is 20.9. The summed E-state index contributed by atoms with van der Waals surface area (Å²) < 4.78 is 80.4. The predicted octanol–water partition coefficient (Wildman–Crippen LogP) is 6.43. The molecule has 0 radical (unpaired) electrons. The number of ether oxygens (including phenoxy) is 2. The van der Waals surface area contributed by atoms with Crippen molar-refractivity contribution < 1.29 is 36.4 Å². The van der Waals surface area contributed by atoms with Crippen LogP contribution in [0.4, 0.5) is 33.9 Å². The van der Waals surface area contributed by atoms with E-state index in [1.165, 1.54) is 22.6 Å². The lowest BCUT2D eigenvalue weighted by atomic mass is 10.0. The molecule has 1 saturated heterocycles. The van der Waals surface area contributed by atoms with Gasteiger partial charge in [0.05, 0.1) is 42.3 Å². The van der Waals surface area contributed by atoms with Crippen molar-refractivity contribution in [2.45, 2.75) is 55.4 Å². The fourth-order valence-electron chi connectivity index (χ4n) is 4.63. The molecule has 0 saturated carbocycles. The first kappa shape index (κ1) is 34.3. The summed E-state index contributed by atoms with van der Waals surface area (Å²) in [6, 6.07) is 9.02. The number of anilines is 2. The highest BCUT2D eigenvalue weighted by Crippen LogP contribution is 2.41. The second-order valence-electron chi connectivity index (χ2n) is 11.8. The normalized spacial score (nSPS) is 17.4. The van der Waals surface area contributed by atoms with E-state index in [-0.39, 0.29) is 59.7 Å². The number of hydrogen-bond donors (Lipinski definition) is 2. The summed E-state index contributed by atoms with van der Waals surface area (Å²) in [7, 11) is -1.03. The minimum atomic E-state index is -4.60. The number of carbonyl (C=O) groups excluding carboxylic acids is 1. The Morgan fingerprint density at radius 1 is 1.20 bits per heavy atom. The van der Waals surface area contributed by atoms with E-state index in [0.29, 0.717) is 16.7 Å². The highest BCUT2D eigenvalue weighted by Gasteiger charge is 2.35. The van der Waals surface area contributed by atoms with E-state index in [2.05, 4.69) is 27.6 Å². The number of nitrogens with zero attached hydrogens (tertiary/aromatic N) is 3. The van der Waals surface area contributed by atoms with Crippen LogP contribution in [0.1, 0.15) is 32.9 Å². The van der Waals surface area contributed by atoms with Gasteiger partial charge < -0.3 is 29.6 Å². The van der Waals surface area contributed by atoms with Crippen LogP contribution < -0.4 is 20.7 Å². The predicted molar refractivity (Wildman–Crippen MR) is 169 cm³/mol. The van der Waals surface area contributed by atoms with Crippen LogP contribution in [-0.4, -0.2) is 84.0 Å². The van der Waals surface area contributed by atoms with Crippen LogP contribution in [0.3, 0.4) is 0 Å². The third-order valence-corrected chi connectivity index (χ3v) is 9.10. The average Bonchev–Trinajstić information content (AvgIpc) is 3.27. The third-order valence-electron chi connectivity index (χ3n) is 6.74. The summed E-state index contributed by atoms with van der Waals surface area (Å²) in [4.78, 5) is 13.5. The molecule has 0 aliphatic carbocycles. The van der Waals surface area contributed by atoms with Crippen LogP contribution in [-0.2, 0) is 9.30 Å². The van der Waals surface area contributed by atoms with Gasteiger partial charge in [-0.05, 0) is 88.5 Å². The van der Waals surface area contributed by atoms with E-state index in [9.17, 15) is 22.5 Å². The van der Waals surface area contributed by atoms with E-state index in [4.69, 9.17) is 9.47 Å². The molecular formula is C30H36F4N5O4PS. The number of thioether (sulfide) groups is 1. The lowest BCUT2D eigenvalue weighted by molar-refractivity contribution is -0.0328. The van der Waals surface area contributed by atoms with Gasteiger partial charge in [-0.3, -0.25) is 0 Å². The summed E-state index contributed by atoms with van der Waals surface area (Å²) in [6.07, 6.45) is -1.81. The molecule has 1 fully saturated rings. The fraction of sp³-hybridized carbons (Fsp3) is 0.467. The van der Waals surface area contributed by atoms with Crippen LogP contribution in [0.15, 0.2) is 41.3 Å². The molecule has 2 atom stereocenters. The molecule has 2 N–H and O–H groups in total. The van der Waals surface area contributed by atoms with Gasteiger partial charge in [-0.25, -0.2) is 13.7 Å². The van der Waals surface area contributed by atoms with Gasteiger partial charge in [-0.15, -0.1) is 0 Å². The minimum absolute atomic E-state index is 0.0560. The number of amides is 1. The first-order valence-corrected chi connectivity index (χ1v) is 17.5. The molecule has 1 aliphatic heterocycles. The van der Waals surface area contributed by atoms with E-state index in [0.717, 1.165) is 0 Å². The average molecular weight is 670 g/mol. The van der Waals surface area contributed by atoms with Crippen molar-refractivity contribution in [3.8, 4) is 17.6 Å². The number of hydrogen-bond acceptors (Lipinski definition) is 8. The Morgan fingerprint density at radius 3 is 2.56 bits per heavy atom. The molecule has 1 amide bonds. The Kier molecular flexibility index (Phi) is 10.2. The number of carbonyl (C=O) groups is 1. The van der Waals surface area contributed by atoms with Crippen LogP contribution in [0.25, 0.3) is 5.52 Å². The van der Waals surface area contributed by atoms with Gasteiger partial charge in [-0.1, -0.05) is 12.0 Å². The molecule has 244 valence electrons. The number of halogens is 4. The van der Waals surface area contributed by atoms with Gasteiger partial charge in [-0.2, -0.15) is 18.3 Å². The van der Waals surface area contributed by atoms with Crippen molar-refractivity contribution in [3.63, 3.8) is 0 Å². The Balaban J connectivity index is 1.55. The van der Waals surface area contributed by atoms with Crippen LogP contribution in [0.2, 0.25) is 0 Å². The zero-order valence-electron chi connectivity index (χ0n) is 25.8. The summed E-state index contributed by atoms with van der Waals surface area (Å²) in [5, 5.41) is 11.1. The Morgan fingerprint density at radius 2 is 1.93 bits per heavy atom. The van der Waals surface area contributed by atoms with Gasteiger partial charge in [0.25, 0.3) is 0 Å². The fourth-order valence-corrected chi connectivity index (χ4v) is 6.17. The molecule has 4 rings (SSSR count). The summed E-state index contributed by atoms with van der Waals surface area (Å²) in [5.41, 5.74) is -4.68. The number of fused-ring (bicyclic) bond motifs is 1. The number of aromatic nitrogens is 2. The lowest BCUT2D eigenvalue weighted by Crippen LogP contribution is -2.51. The first-order valence-electron chi connectivity index (χ1n) is 14.1. The number of rotatable bonds is 7. The topological polar surface area (TPSA) is 97.2 Å². The number of alkyl halides is 4. The SMILES string of the molecule is COc1cc(P(C)(C)=O)ccc1NCC#Cc1nn2c(N[C@@H]3CCN(C(=O)OC(C)(C)C)C[C@@H]3F)cccc2c1SC(F)(F)F. The molecule has 3 aromatic rings. The molecule has 2 aromatic heterocycles. The quantitative estimate of drug-likeness (QED) is 0.129. The molecule has 0 unspecified atom stereocenters. The molecular weight excluding hydrogens is 633 g/mol. The Hall–Kier alpha value is -3.56. The maximum absolute atomic E-state index is 15.2. The standard InChI is InChI=1S/C30H36F4N5O4PS/c1-29(2,3)43-28(40)38-16-14-21(20(31)18-38)36-26-11-7-10-24-27(45-30(32,33)34)23(37-39(24)26)9-8-15-35-22-13-12-19(44(5,6)41)17-25(22)42-4/h7,10-13,17,20-21,35-36H,14-16,18H2,1-6H3/t20-,21+/m0/s1. The van der Waals surface area contributed by atoms with Gasteiger partial charge in [0.15, 0.2) is 0 Å². The Labute approximate surface area is 263 Å². The molecule has 15 heteroatoms. The molecule has 0 bridgehead atoms. The highest BCUT2D eigenvalue weighted by molar-refractivity contribution is 8.00. The number of likely N-dealkylation sites (tertiary alicyclic amines) is 1. The van der Waals surface area contributed by atoms with Crippen molar-refractivity contribution in [2.24, 2.45) is 0 Å².